The van der Waals surface area contributed by atoms with Crippen molar-refractivity contribution in [2.45, 2.75) is 38.5 Å². The van der Waals surface area contributed by atoms with Gasteiger partial charge in [0.15, 0.2) is 0 Å². The molecule has 0 radical (unpaired) electrons. The Morgan fingerprint density at radius 1 is 1.29 bits per heavy atom. The van der Waals surface area contributed by atoms with Crippen LogP contribution < -0.4 is 5.73 Å². The maximum absolute atomic E-state index is 12.6. The van der Waals surface area contributed by atoms with Crippen molar-refractivity contribution < 1.29 is 4.79 Å². The molecule has 4 bridgehead atoms. The van der Waals surface area contributed by atoms with E-state index in [1.54, 1.807) is 0 Å². The molecule has 4 heteroatoms. The summed E-state index contributed by atoms with van der Waals surface area (Å²) >= 11 is 1.46. The van der Waals surface area contributed by atoms with Crippen LogP contribution in [0.25, 0.3) is 0 Å². The van der Waals surface area contributed by atoms with E-state index in [0.29, 0.717) is 16.0 Å². The first kappa shape index (κ1) is 13.6. The normalized spacial score (nSPS) is 36.9. The molecule has 0 unspecified atom stereocenters. The molecule has 4 aliphatic rings. The van der Waals surface area contributed by atoms with Crippen LogP contribution in [0.2, 0.25) is 0 Å². The van der Waals surface area contributed by atoms with Gasteiger partial charge < -0.3 is 10.6 Å². The highest BCUT2D eigenvalue weighted by Gasteiger charge is 2.51. The summed E-state index contributed by atoms with van der Waals surface area (Å²) < 4.78 is 0. The van der Waals surface area contributed by atoms with Crippen LogP contribution in [-0.2, 0) is 0 Å². The Labute approximate surface area is 130 Å². The van der Waals surface area contributed by atoms with E-state index in [0.717, 1.165) is 24.3 Å². The number of amides is 1. The summed E-state index contributed by atoms with van der Waals surface area (Å²) in [5.74, 6) is 2.92. The predicted molar refractivity (Wildman–Crippen MR) is 86.3 cm³/mol. The third-order valence-corrected chi connectivity index (χ3v) is 6.89. The summed E-state index contributed by atoms with van der Waals surface area (Å²) in [6, 6.07) is 1.83. The van der Waals surface area contributed by atoms with Crippen molar-refractivity contribution in [1.29, 1.82) is 0 Å². The Morgan fingerprint density at radius 3 is 2.33 bits per heavy atom. The Hall–Kier alpha value is -1.03. The topological polar surface area (TPSA) is 46.3 Å². The van der Waals surface area contributed by atoms with Crippen LogP contribution in [0.5, 0.6) is 0 Å². The van der Waals surface area contributed by atoms with Gasteiger partial charge >= 0.3 is 0 Å². The summed E-state index contributed by atoms with van der Waals surface area (Å²) in [4.78, 5) is 15.3. The first-order valence-corrected chi connectivity index (χ1v) is 9.01. The molecule has 4 aliphatic carbocycles. The summed E-state index contributed by atoms with van der Waals surface area (Å²) in [5.41, 5.74) is 6.94. The molecule has 4 saturated carbocycles. The minimum atomic E-state index is 0.109. The number of nitrogen functional groups attached to an aromatic ring is 1. The number of hydrogen-bond acceptors (Lipinski definition) is 3. The van der Waals surface area contributed by atoms with Gasteiger partial charge in [-0.15, -0.1) is 11.3 Å². The van der Waals surface area contributed by atoms with Crippen molar-refractivity contribution in [1.82, 2.24) is 4.90 Å². The largest absolute Gasteiger partial charge is 0.397 e. The molecule has 1 aromatic rings. The zero-order valence-corrected chi connectivity index (χ0v) is 13.5. The molecule has 114 valence electrons. The minimum Gasteiger partial charge on any atom is -0.397 e. The third-order valence-electron chi connectivity index (χ3n) is 5.97. The fourth-order valence-electron chi connectivity index (χ4n) is 5.72. The Morgan fingerprint density at radius 2 is 1.86 bits per heavy atom. The van der Waals surface area contributed by atoms with Gasteiger partial charge in [-0.1, -0.05) is 0 Å². The predicted octanol–water partition coefficient (Wildman–Crippen LogP) is 3.62. The zero-order chi connectivity index (χ0) is 14.6. The molecule has 0 spiro atoms. The van der Waals surface area contributed by atoms with Gasteiger partial charge in [-0.05, 0) is 73.1 Å². The van der Waals surface area contributed by atoms with Crippen molar-refractivity contribution in [2.75, 3.05) is 19.3 Å². The maximum atomic E-state index is 12.6. The van der Waals surface area contributed by atoms with Crippen LogP contribution in [0.3, 0.4) is 0 Å². The van der Waals surface area contributed by atoms with Crippen molar-refractivity contribution in [3.05, 3.63) is 16.3 Å². The van der Waals surface area contributed by atoms with Gasteiger partial charge in [-0.25, -0.2) is 0 Å². The molecule has 2 N–H and O–H groups in total. The first-order chi connectivity index (χ1) is 10.0. The Bertz CT molecular complexity index is 530. The fourth-order valence-corrected chi connectivity index (χ4v) is 6.54. The quantitative estimate of drug-likeness (QED) is 0.927. The molecule has 0 aliphatic heterocycles. The van der Waals surface area contributed by atoms with E-state index >= 15 is 0 Å². The van der Waals surface area contributed by atoms with Crippen molar-refractivity contribution in [3.8, 4) is 0 Å². The number of nitrogens with zero attached hydrogens (tertiary/aromatic N) is 1. The number of anilines is 1. The number of thiophene rings is 1. The second kappa shape index (κ2) is 4.73. The minimum absolute atomic E-state index is 0.109. The second-order valence-corrected chi connectivity index (χ2v) is 8.70. The average molecular weight is 304 g/mol. The summed E-state index contributed by atoms with van der Waals surface area (Å²) in [6.07, 6.45) is 8.39. The van der Waals surface area contributed by atoms with Crippen molar-refractivity contribution >= 4 is 22.9 Å². The van der Waals surface area contributed by atoms with Crippen molar-refractivity contribution in [2.24, 2.45) is 23.2 Å². The molecule has 21 heavy (non-hydrogen) atoms. The van der Waals surface area contributed by atoms with E-state index in [2.05, 4.69) is 0 Å². The average Bonchev–Trinajstić information content (AvgIpc) is 2.81. The van der Waals surface area contributed by atoms with Gasteiger partial charge in [-0.3, -0.25) is 4.79 Å². The number of carbonyl (C=O) groups is 1. The lowest BCUT2D eigenvalue weighted by atomic mass is 9.49. The fraction of sp³-hybridized carbons (Fsp3) is 0.706. The standard InChI is InChI=1S/C17H24N2OS/c1-19(16(20)15-14(18)2-3-21-15)10-17-7-11-4-12(8-17)6-13(5-11)9-17/h2-3,11-13H,4-10,18H2,1H3. The lowest BCUT2D eigenvalue weighted by Crippen LogP contribution is -2.51. The van der Waals surface area contributed by atoms with Gasteiger partial charge in [-0.2, -0.15) is 0 Å². The van der Waals surface area contributed by atoms with Crippen LogP contribution >= 0.6 is 11.3 Å². The van der Waals surface area contributed by atoms with E-state index in [-0.39, 0.29) is 5.91 Å². The molecule has 0 aromatic carbocycles. The zero-order valence-electron chi connectivity index (χ0n) is 12.7. The van der Waals surface area contributed by atoms with Gasteiger partial charge in [0.25, 0.3) is 5.91 Å². The van der Waals surface area contributed by atoms with Crippen molar-refractivity contribution in [3.63, 3.8) is 0 Å². The van der Waals surface area contributed by atoms with Crippen LogP contribution in [0.4, 0.5) is 5.69 Å². The van der Waals surface area contributed by atoms with Gasteiger partial charge in [0.1, 0.15) is 4.88 Å². The van der Waals surface area contributed by atoms with E-state index in [9.17, 15) is 4.79 Å². The number of hydrogen-bond donors (Lipinski definition) is 1. The number of carbonyl (C=O) groups excluding carboxylic acids is 1. The SMILES string of the molecule is CN(CC12CC3CC(CC(C3)C1)C2)C(=O)c1sccc1N. The molecule has 3 nitrogen and oxygen atoms in total. The van der Waals surface area contributed by atoms with Crippen LogP contribution in [0.15, 0.2) is 11.4 Å². The van der Waals surface area contributed by atoms with Gasteiger partial charge in [0.05, 0.1) is 5.69 Å². The van der Waals surface area contributed by atoms with Gasteiger partial charge in [0, 0.05) is 13.6 Å². The van der Waals surface area contributed by atoms with Crippen LogP contribution in [0.1, 0.15) is 48.2 Å². The highest BCUT2D eigenvalue weighted by molar-refractivity contribution is 7.12. The van der Waals surface area contributed by atoms with E-state index in [1.165, 1.54) is 49.9 Å². The van der Waals surface area contributed by atoms with Crippen LogP contribution in [-0.4, -0.2) is 24.4 Å². The molecule has 1 heterocycles. The Balaban J connectivity index is 1.51. The smallest absolute Gasteiger partial charge is 0.265 e. The summed E-state index contributed by atoms with van der Waals surface area (Å²) in [5, 5.41) is 1.90. The molecule has 4 fully saturated rings. The van der Waals surface area contributed by atoms with E-state index < -0.39 is 0 Å². The van der Waals surface area contributed by atoms with Crippen LogP contribution in [0, 0.1) is 23.2 Å². The molecule has 5 rings (SSSR count). The summed E-state index contributed by atoms with van der Waals surface area (Å²) in [6.45, 7) is 0.923. The van der Waals surface area contributed by atoms with Gasteiger partial charge in [0.2, 0.25) is 0 Å². The third kappa shape index (κ3) is 2.28. The lowest BCUT2D eigenvalue weighted by molar-refractivity contribution is -0.0628. The molecular formula is C17H24N2OS. The second-order valence-electron chi connectivity index (χ2n) is 7.78. The highest BCUT2D eigenvalue weighted by atomic mass is 32.1. The molecule has 0 atom stereocenters. The first-order valence-electron chi connectivity index (χ1n) is 8.13. The molecule has 1 amide bonds. The van der Waals surface area contributed by atoms with E-state index in [1.807, 2.05) is 23.4 Å². The number of nitrogens with two attached hydrogens (primary N) is 1. The molecular weight excluding hydrogens is 280 g/mol. The number of rotatable bonds is 3. The lowest BCUT2D eigenvalue weighted by Gasteiger charge is -2.57. The highest BCUT2D eigenvalue weighted by Crippen LogP contribution is 2.60. The molecule has 1 aromatic heterocycles. The Kier molecular flexibility index (Phi) is 3.07. The molecule has 0 saturated heterocycles. The summed E-state index contributed by atoms with van der Waals surface area (Å²) in [7, 11) is 1.96. The maximum Gasteiger partial charge on any atom is 0.265 e. The monoisotopic (exact) mass is 304 g/mol. The van der Waals surface area contributed by atoms with E-state index in [4.69, 9.17) is 5.73 Å².